The first-order chi connectivity index (χ1) is 17.9. The van der Waals surface area contributed by atoms with Gasteiger partial charge >= 0.3 is 5.97 Å². The Balaban J connectivity index is 1.28. The average Bonchev–Trinajstić information content (AvgIpc) is 2.88. The van der Waals surface area contributed by atoms with Gasteiger partial charge in [0.2, 0.25) is 5.79 Å². The molecule has 0 aromatic heterocycles. The van der Waals surface area contributed by atoms with Gasteiger partial charge in [0.15, 0.2) is 11.4 Å². The van der Waals surface area contributed by atoms with E-state index in [4.69, 9.17) is 9.47 Å². The summed E-state index contributed by atoms with van der Waals surface area (Å²) in [5.74, 6) is -5.39. The van der Waals surface area contributed by atoms with Crippen LogP contribution in [0, 0.1) is 45.7 Å². The Morgan fingerprint density at radius 3 is 2.58 bits per heavy atom. The summed E-state index contributed by atoms with van der Waals surface area (Å²) in [6, 6.07) is 5.59. The Morgan fingerprint density at radius 2 is 1.87 bits per heavy atom. The van der Waals surface area contributed by atoms with E-state index >= 15 is 0 Å². The van der Waals surface area contributed by atoms with Gasteiger partial charge < -0.3 is 24.8 Å². The van der Waals surface area contributed by atoms with Crippen LogP contribution in [0.4, 0.5) is 4.39 Å². The van der Waals surface area contributed by atoms with E-state index in [2.05, 4.69) is 6.58 Å². The normalized spacial score (nSPS) is 49.4. The number of aliphatic hydroxyl groups is 3. The van der Waals surface area contributed by atoms with Crippen LogP contribution in [0.15, 0.2) is 42.5 Å². The van der Waals surface area contributed by atoms with Gasteiger partial charge in [-0.05, 0) is 72.3 Å². The molecule has 1 aromatic carbocycles. The molecule has 2 bridgehead atoms. The molecule has 202 valence electrons. The largest absolute Gasteiger partial charge is 0.443 e. The first-order valence-corrected chi connectivity index (χ1v) is 13.5. The number of aliphatic hydroxyl groups excluding tert-OH is 2. The van der Waals surface area contributed by atoms with Gasteiger partial charge in [-0.2, -0.15) is 0 Å². The van der Waals surface area contributed by atoms with Crippen molar-refractivity contribution in [2.24, 2.45) is 39.9 Å². The Hall–Kier alpha value is -2.39. The third-order valence-corrected chi connectivity index (χ3v) is 11.4. The number of halogens is 1. The molecule has 3 N–H and O–H groups in total. The summed E-state index contributed by atoms with van der Waals surface area (Å²) in [5.41, 5.74) is -3.24. The zero-order valence-electron chi connectivity index (χ0n) is 21.5. The monoisotopic (exact) mass is 524 g/mol. The van der Waals surface area contributed by atoms with Gasteiger partial charge in [0.1, 0.15) is 17.3 Å². The molecule has 0 radical (unpaired) electrons. The van der Waals surface area contributed by atoms with Gasteiger partial charge in [0, 0.05) is 23.3 Å². The highest BCUT2D eigenvalue weighted by Gasteiger charge is 2.97. The van der Waals surface area contributed by atoms with Crippen molar-refractivity contribution in [2.45, 2.75) is 63.1 Å². The second-order valence-electron chi connectivity index (χ2n) is 13.0. The highest BCUT2D eigenvalue weighted by molar-refractivity contribution is 6.09. The minimum absolute atomic E-state index is 0.0705. The number of rotatable bonds is 3. The summed E-state index contributed by atoms with van der Waals surface area (Å²) in [6.45, 7) is 8.29. The van der Waals surface area contributed by atoms with Crippen LogP contribution in [-0.2, 0) is 19.1 Å². The number of benzene rings is 1. The molecule has 1 aromatic rings. The van der Waals surface area contributed by atoms with Gasteiger partial charge in [0.25, 0.3) is 0 Å². The standard InChI is InChI=1S/C30H33FO7/c1-15-18-9-10-19-27-14-37-30(36,24(34)23(27)26(2,3)13-12-20(27)32)28(19)22(18)29(15,25(28)35)38-21(33)11-6-16-4-7-17(31)8-5-16/h4-8,11,18-20,22-24,32,34,36H,1,9-10,12-14H2,2-3H3/b11-6+/t18-,19-,20-,22+,23+,24-,27+,28+,29-,30?/m0/s1. The minimum atomic E-state index is -2.14. The molecule has 7 aliphatic rings. The van der Waals surface area contributed by atoms with Crippen molar-refractivity contribution in [3.8, 4) is 0 Å². The lowest BCUT2D eigenvalue weighted by molar-refractivity contribution is -0.483. The van der Waals surface area contributed by atoms with Gasteiger partial charge in [-0.1, -0.05) is 32.6 Å². The third-order valence-electron chi connectivity index (χ3n) is 11.4. The number of fused-ring (bicyclic) bond motifs is 1. The summed E-state index contributed by atoms with van der Waals surface area (Å²) in [4.78, 5) is 27.4. The fourth-order valence-electron chi connectivity index (χ4n) is 10.1. The smallest absolute Gasteiger partial charge is 0.332 e. The predicted octanol–water partition coefficient (Wildman–Crippen LogP) is 2.78. The summed E-state index contributed by atoms with van der Waals surface area (Å²) < 4.78 is 25.1. The first kappa shape index (κ1) is 24.6. The molecular formula is C30H33FO7. The minimum Gasteiger partial charge on any atom is -0.443 e. The summed E-state index contributed by atoms with van der Waals surface area (Å²) in [5, 5.41) is 35.4. The van der Waals surface area contributed by atoms with E-state index in [9.17, 15) is 29.3 Å². The summed E-state index contributed by atoms with van der Waals surface area (Å²) >= 11 is 0. The van der Waals surface area contributed by atoms with Crippen molar-refractivity contribution in [3.05, 3.63) is 53.9 Å². The Morgan fingerprint density at radius 1 is 1.16 bits per heavy atom. The van der Waals surface area contributed by atoms with Crippen LogP contribution in [0.3, 0.4) is 0 Å². The van der Waals surface area contributed by atoms with Crippen LogP contribution in [0.5, 0.6) is 0 Å². The summed E-state index contributed by atoms with van der Waals surface area (Å²) in [7, 11) is 0. The molecule has 1 unspecified atom stereocenters. The molecule has 7 fully saturated rings. The third kappa shape index (κ3) is 2.38. The van der Waals surface area contributed by atoms with Crippen molar-refractivity contribution in [1.82, 2.24) is 0 Å². The Kier molecular flexibility index (Phi) is 4.68. The zero-order valence-corrected chi connectivity index (χ0v) is 21.5. The average molecular weight is 525 g/mol. The van der Waals surface area contributed by atoms with Gasteiger partial charge in [-0.3, -0.25) is 4.79 Å². The molecule has 5 saturated carbocycles. The fraction of sp³-hybridized carbons (Fsp3) is 0.600. The van der Waals surface area contributed by atoms with Crippen molar-refractivity contribution in [3.63, 3.8) is 0 Å². The van der Waals surface area contributed by atoms with Crippen LogP contribution < -0.4 is 0 Å². The second kappa shape index (κ2) is 7.22. The molecule has 8 heteroatoms. The fourth-order valence-corrected chi connectivity index (χ4v) is 10.1. The molecular weight excluding hydrogens is 491 g/mol. The number of carbonyl (C=O) groups excluding carboxylic acids is 2. The van der Waals surface area contributed by atoms with Crippen LogP contribution in [0.2, 0.25) is 0 Å². The number of esters is 1. The highest BCUT2D eigenvalue weighted by atomic mass is 19.1. The molecule has 10 atom stereocenters. The van der Waals surface area contributed by atoms with Crippen molar-refractivity contribution >= 4 is 17.8 Å². The Labute approximate surface area is 220 Å². The van der Waals surface area contributed by atoms with E-state index in [1.807, 2.05) is 13.8 Å². The SMILES string of the molecule is C=C1[C@@H]2CC[C@H]3[C@@]45COC(O)([C@@H](O)[C@@H]4C(C)(C)CC[C@@H]5O)[C@]34C(=O)[C@@]1(OC(=O)/C=C/c1ccc(F)cc1)[C@H]24. The summed E-state index contributed by atoms with van der Waals surface area (Å²) in [6.07, 6.45) is 3.00. The van der Waals surface area contributed by atoms with E-state index in [0.29, 0.717) is 36.8 Å². The number of hydrogen-bond donors (Lipinski definition) is 3. The lowest BCUT2D eigenvalue weighted by atomic mass is 9.21. The molecule has 5 aliphatic carbocycles. The maximum atomic E-state index is 14.4. The lowest BCUT2D eigenvalue weighted by Gasteiger charge is -2.84. The second-order valence-corrected chi connectivity index (χ2v) is 13.0. The van der Waals surface area contributed by atoms with E-state index in [-0.39, 0.29) is 17.9 Å². The molecule has 2 spiro atoms. The molecule has 2 aliphatic heterocycles. The first-order valence-electron chi connectivity index (χ1n) is 13.5. The van der Waals surface area contributed by atoms with Gasteiger partial charge in [0.05, 0.1) is 12.7 Å². The zero-order chi connectivity index (χ0) is 27.0. The van der Waals surface area contributed by atoms with E-state index < -0.39 is 69.7 Å². The van der Waals surface area contributed by atoms with Gasteiger partial charge in [-0.15, -0.1) is 0 Å². The van der Waals surface area contributed by atoms with E-state index in [1.54, 1.807) is 0 Å². The van der Waals surface area contributed by atoms with E-state index in [0.717, 1.165) is 0 Å². The molecule has 2 saturated heterocycles. The van der Waals surface area contributed by atoms with Crippen molar-refractivity contribution < 1.29 is 38.8 Å². The maximum absolute atomic E-state index is 14.4. The predicted molar refractivity (Wildman–Crippen MR) is 132 cm³/mol. The number of hydrogen-bond acceptors (Lipinski definition) is 7. The topological polar surface area (TPSA) is 113 Å². The highest BCUT2D eigenvalue weighted by Crippen LogP contribution is 2.85. The Bertz CT molecular complexity index is 1300. The quantitative estimate of drug-likeness (QED) is 0.317. The lowest BCUT2D eigenvalue weighted by Crippen LogP contribution is -2.97. The van der Waals surface area contributed by atoms with Crippen LogP contribution in [0.25, 0.3) is 6.08 Å². The molecule has 8 rings (SSSR count). The molecule has 38 heavy (non-hydrogen) atoms. The number of carbonyl (C=O) groups is 2. The molecule has 7 nitrogen and oxygen atoms in total. The molecule has 2 heterocycles. The van der Waals surface area contributed by atoms with Crippen molar-refractivity contribution in [2.75, 3.05) is 6.61 Å². The van der Waals surface area contributed by atoms with Crippen LogP contribution in [-0.4, -0.2) is 57.3 Å². The van der Waals surface area contributed by atoms with Gasteiger partial charge in [-0.25, -0.2) is 9.18 Å². The maximum Gasteiger partial charge on any atom is 0.332 e. The van der Waals surface area contributed by atoms with Crippen LogP contribution >= 0.6 is 0 Å². The van der Waals surface area contributed by atoms with Crippen molar-refractivity contribution in [1.29, 1.82) is 0 Å². The number of Topliss-reactive ketones (excluding diaryl/α,β-unsaturated/α-hetero) is 1. The number of ether oxygens (including phenoxy) is 2. The van der Waals surface area contributed by atoms with E-state index in [1.165, 1.54) is 36.4 Å². The number of ketones is 1. The molecule has 0 amide bonds. The van der Waals surface area contributed by atoms with Crippen LogP contribution in [0.1, 0.15) is 45.1 Å².